The van der Waals surface area contributed by atoms with Gasteiger partial charge in [-0.3, -0.25) is 0 Å². The average molecular weight is 228 g/mol. The number of hydrogen-bond acceptors (Lipinski definition) is 8. The van der Waals surface area contributed by atoms with Crippen LogP contribution in [0.1, 0.15) is 0 Å². The lowest BCUT2D eigenvalue weighted by Crippen LogP contribution is -1.94. The molecule has 3 heterocycles. The van der Waals surface area contributed by atoms with Gasteiger partial charge < -0.3 is 10.3 Å². The van der Waals surface area contributed by atoms with Gasteiger partial charge in [-0.1, -0.05) is 5.16 Å². The molecule has 0 bridgehead atoms. The third kappa shape index (κ3) is 1.06. The summed E-state index contributed by atoms with van der Waals surface area (Å²) in [7, 11) is 0. The van der Waals surface area contributed by atoms with Crippen LogP contribution in [0, 0.1) is 0 Å². The van der Waals surface area contributed by atoms with E-state index in [2.05, 4.69) is 30.2 Å². The van der Waals surface area contributed by atoms with Crippen molar-refractivity contribution in [2.24, 2.45) is 0 Å². The Morgan fingerprint density at radius 2 is 2.13 bits per heavy atom. The summed E-state index contributed by atoms with van der Waals surface area (Å²) in [5.74, 6) is 0.442. The van der Waals surface area contributed by atoms with E-state index in [4.69, 9.17) is 21.9 Å². The molecule has 0 aromatic carbocycles. The summed E-state index contributed by atoms with van der Waals surface area (Å²) in [6.45, 7) is 0. The standard InChI is InChI=1S/C5H2ClN7O2/c6-4-8-5-13(9-4)3(12-14-5)1-2(7)11-15-10-1/h(H2,7,11). The molecule has 0 aliphatic rings. The molecule has 15 heavy (non-hydrogen) atoms. The van der Waals surface area contributed by atoms with Gasteiger partial charge >= 0.3 is 5.84 Å². The number of nitrogens with two attached hydrogens (primary N) is 1. The van der Waals surface area contributed by atoms with Gasteiger partial charge in [-0.25, -0.2) is 4.63 Å². The summed E-state index contributed by atoms with van der Waals surface area (Å²) in [5, 5.41) is 14.5. The van der Waals surface area contributed by atoms with E-state index in [9.17, 15) is 0 Å². The van der Waals surface area contributed by atoms with Crippen molar-refractivity contribution in [3.63, 3.8) is 0 Å². The summed E-state index contributed by atoms with van der Waals surface area (Å²) in [6.07, 6.45) is 0. The van der Waals surface area contributed by atoms with Gasteiger partial charge in [-0.15, -0.1) is 5.10 Å². The van der Waals surface area contributed by atoms with Crippen molar-refractivity contribution in [1.29, 1.82) is 0 Å². The lowest BCUT2D eigenvalue weighted by molar-refractivity contribution is 0.310. The highest BCUT2D eigenvalue weighted by atomic mass is 35.5. The quantitative estimate of drug-likeness (QED) is 0.617. The number of rotatable bonds is 1. The van der Waals surface area contributed by atoms with Crippen molar-refractivity contribution in [2.75, 3.05) is 5.73 Å². The molecule has 76 valence electrons. The van der Waals surface area contributed by atoms with Crippen LogP contribution in [0.2, 0.25) is 5.28 Å². The second-order valence-corrected chi connectivity index (χ2v) is 2.92. The number of nitrogens with zero attached hydrogens (tertiary/aromatic N) is 6. The van der Waals surface area contributed by atoms with Gasteiger partial charge in [0.25, 0.3) is 0 Å². The number of halogens is 1. The average Bonchev–Trinajstić information content (AvgIpc) is 2.81. The number of fused-ring (bicyclic) bond motifs is 1. The molecule has 0 saturated carbocycles. The van der Waals surface area contributed by atoms with Gasteiger partial charge in [-0.2, -0.15) is 9.50 Å². The molecule has 0 spiro atoms. The summed E-state index contributed by atoms with van der Waals surface area (Å²) in [4.78, 5) is 3.74. The molecule has 0 unspecified atom stereocenters. The molecule has 10 heteroatoms. The third-order valence-corrected chi connectivity index (χ3v) is 1.85. The second-order valence-electron chi connectivity index (χ2n) is 2.58. The Bertz CT molecular complexity index is 624. The second kappa shape index (κ2) is 2.67. The largest absolute Gasteiger partial charge is 0.379 e. The summed E-state index contributed by atoms with van der Waals surface area (Å²) in [5.41, 5.74) is 5.70. The molecule has 0 atom stereocenters. The first-order chi connectivity index (χ1) is 7.25. The minimum Gasteiger partial charge on any atom is -0.379 e. The van der Waals surface area contributed by atoms with Gasteiger partial charge in [0.15, 0.2) is 11.5 Å². The fourth-order valence-corrected chi connectivity index (χ4v) is 1.24. The van der Waals surface area contributed by atoms with Crippen LogP contribution in [-0.4, -0.2) is 30.1 Å². The summed E-state index contributed by atoms with van der Waals surface area (Å²) >= 11 is 5.58. The molecule has 0 fully saturated rings. The van der Waals surface area contributed by atoms with Gasteiger partial charge in [0.05, 0.1) is 0 Å². The zero-order valence-corrected chi connectivity index (χ0v) is 7.71. The van der Waals surface area contributed by atoms with Crippen LogP contribution in [0.5, 0.6) is 0 Å². The Labute approximate surface area is 85.8 Å². The summed E-state index contributed by atoms with van der Waals surface area (Å²) < 4.78 is 10.5. The van der Waals surface area contributed by atoms with E-state index in [1.165, 1.54) is 4.52 Å². The first-order valence-corrected chi connectivity index (χ1v) is 4.10. The van der Waals surface area contributed by atoms with Crippen molar-refractivity contribution >= 4 is 23.3 Å². The van der Waals surface area contributed by atoms with Crippen molar-refractivity contribution < 1.29 is 9.15 Å². The van der Waals surface area contributed by atoms with E-state index in [0.29, 0.717) is 0 Å². The molecule has 3 rings (SSSR count). The van der Waals surface area contributed by atoms with Crippen molar-refractivity contribution in [2.45, 2.75) is 0 Å². The van der Waals surface area contributed by atoms with Crippen molar-refractivity contribution in [3.8, 4) is 11.5 Å². The van der Waals surface area contributed by atoms with Crippen LogP contribution < -0.4 is 5.73 Å². The molecule has 0 saturated heterocycles. The first kappa shape index (κ1) is 8.17. The molecular weight excluding hydrogens is 226 g/mol. The number of anilines is 1. The molecule has 0 radical (unpaired) electrons. The highest BCUT2D eigenvalue weighted by Gasteiger charge is 2.20. The maximum Gasteiger partial charge on any atom is 0.352 e. The van der Waals surface area contributed by atoms with Crippen LogP contribution in [0.3, 0.4) is 0 Å². The molecule has 9 nitrogen and oxygen atoms in total. The van der Waals surface area contributed by atoms with E-state index >= 15 is 0 Å². The van der Waals surface area contributed by atoms with Crippen molar-refractivity contribution in [3.05, 3.63) is 5.28 Å². The fraction of sp³-hybridized carbons (Fsp3) is 0. The first-order valence-electron chi connectivity index (χ1n) is 3.72. The third-order valence-electron chi connectivity index (χ3n) is 1.69. The zero-order chi connectivity index (χ0) is 10.4. The van der Waals surface area contributed by atoms with Crippen LogP contribution in [0.15, 0.2) is 9.15 Å². The molecule has 3 aromatic rings. The van der Waals surface area contributed by atoms with E-state index in [1.54, 1.807) is 0 Å². The SMILES string of the molecule is Nc1nonc1-c1noc2nc(Cl)nn12. The van der Waals surface area contributed by atoms with E-state index < -0.39 is 0 Å². The van der Waals surface area contributed by atoms with Gasteiger partial charge in [-0.05, 0) is 21.9 Å². The minimum atomic E-state index is 0.0347. The molecule has 0 aliphatic carbocycles. The summed E-state index contributed by atoms with van der Waals surface area (Å²) in [6, 6.07) is 0. The van der Waals surface area contributed by atoms with E-state index in [1.807, 2.05) is 0 Å². The zero-order valence-electron chi connectivity index (χ0n) is 6.96. The predicted molar refractivity (Wildman–Crippen MR) is 45.8 cm³/mol. The number of hydrogen-bond donors (Lipinski definition) is 1. The van der Waals surface area contributed by atoms with Crippen LogP contribution in [-0.2, 0) is 0 Å². The Balaban J connectivity index is 2.31. The monoisotopic (exact) mass is 227 g/mol. The maximum absolute atomic E-state index is 5.58. The highest BCUT2D eigenvalue weighted by molar-refractivity contribution is 6.28. The smallest absolute Gasteiger partial charge is 0.352 e. The minimum absolute atomic E-state index is 0.0347. The molecule has 0 amide bonds. The van der Waals surface area contributed by atoms with Crippen LogP contribution in [0.25, 0.3) is 17.4 Å². The van der Waals surface area contributed by atoms with Crippen molar-refractivity contribution in [1.82, 2.24) is 30.1 Å². The Morgan fingerprint density at radius 3 is 2.87 bits per heavy atom. The molecular formula is C5H2ClN7O2. The van der Waals surface area contributed by atoms with Crippen LogP contribution >= 0.6 is 11.6 Å². The van der Waals surface area contributed by atoms with Gasteiger partial charge in [0.1, 0.15) is 0 Å². The van der Waals surface area contributed by atoms with Gasteiger partial charge in [0, 0.05) is 0 Å². The molecule has 2 N–H and O–H groups in total. The number of nitrogen functional groups attached to an aromatic ring is 1. The predicted octanol–water partition coefficient (Wildman–Crippen LogP) is 0.00290. The Hall–Kier alpha value is -2.16. The van der Waals surface area contributed by atoms with Gasteiger partial charge in [0.2, 0.25) is 11.1 Å². The maximum atomic E-state index is 5.58. The lowest BCUT2D eigenvalue weighted by Gasteiger charge is -1.86. The van der Waals surface area contributed by atoms with E-state index in [0.717, 1.165) is 0 Å². The fourth-order valence-electron chi connectivity index (χ4n) is 1.09. The highest BCUT2D eigenvalue weighted by Crippen LogP contribution is 2.21. The molecule has 0 aliphatic heterocycles. The van der Waals surface area contributed by atoms with Crippen LogP contribution in [0.4, 0.5) is 5.82 Å². The Morgan fingerprint density at radius 1 is 1.27 bits per heavy atom. The number of aromatic nitrogens is 6. The lowest BCUT2D eigenvalue weighted by atomic mass is 10.4. The topological polar surface area (TPSA) is 121 Å². The molecule has 3 aromatic heterocycles. The normalized spacial score (nSPS) is 11.3. The van der Waals surface area contributed by atoms with E-state index in [-0.39, 0.29) is 28.5 Å². The Kier molecular flexibility index (Phi) is 1.45.